The number of piperazine rings is 1. The minimum atomic E-state index is -3.27. The number of fused-ring (bicyclic) bond motifs is 1. The molecule has 4 rings (SSSR count). The lowest BCUT2D eigenvalue weighted by Crippen LogP contribution is -2.51. The Bertz CT molecular complexity index is 810. The Balaban J connectivity index is 1.45. The average molecular weight is 392 g/mol. The summed E-state index contributed by atoms with van der Waals surface area (Å²) in [5, 5.41) is 0. The Morgan fingerprint density at radius 3 is 2.37 bits per heavy atom. The van der Waals surface area contributed by atoms with Gasteiger partial charge in [0.15, 0.2) is 0 Å². The van der Waals surface area contributed by atoms with Crippen LogP contribution in [-0.4, -0.2) is 69.1 Å². The third-order valence-corrected chi connectivity index (χ3v) is 7.43. The summed E-state index contributed by atoms with van der Waals surface area (Å²) in [5.41, 5.74) is 2.37. The molecule has 0 bridgehead atoms. The predicted octanol–water partition coefficient (Wildman–Crippen LogP) is 2.10. The molecule has 0 N–H and O–H groups in total. The first kappa shape index (κ1) is 18.7. The molecule has 0 atom stereocenters. The third-order valence-electron chi connectivity index (χ3n) is 6.25. The summed E-state index contributed by atoms with van der Waals surface area (Å²) in [7, 11) is -3.27. The zero-order valence-corrected chi connectivity index (χ0v) is 16.9. The highest BCUT2D eigenvalue weighted by Gasteiger charge is 2.29. The number of carbonyl (C=O) groups excluding carboxylic acids is 1. The van der Waals surface area contributed by atoms with E-state index in [0.717, 1.165) is 50.3 Å². The van der Waals surface area contributed by atoms with E-state index >= 15 is 0 Å². The van der Waals surface area contributed by atoms with Crippen molar-refractivity contribution in [3.05, 3.63) is 29.3 Å². The molecule has 148 valence electrons. The molecule has 6 nitrogen and oxygen atoms in total. The van der Waals surface area contributed by atoms with Gasteiger partial charge in [0.1, 0.15) is 0 Å². The van der Waals surface area contributed by atoms with Gasteiger partial charge in [-0.05, 0) is 49.4 Å². The quantitative estimate of drug-likeness (QED) is 0.792. The summed E-state index contributed by atoms with van der Waals surface area (Å²) < 4.78 is 25.5. The maximum Gasteiger partial charge on any atom is 0.253 e. The van der Waals surface area contributed by atoms with Crippen LogP contribution >= 0.6 is 0 Å². The Kier molecular flexibility index (Phi) is 5.16. The van der Waals surface area contributed by atoms with Crippen molar-refractivity contribution in [2.45, 2.75) is 44.6 Å². The normalized spacial score (nSPS) is 22.1. The summed E-state index contributed by atoms with van der Waals surface area (Å²) >= 11 is 0. The maximum atomic E-state index is 13.0. The van der Waals surface area contributed by atoms with E-state index in [2.05, 4.69) is 4.90 Å². The largest absolute Gasteiger partial charge is 0.336 e. The van der Waals surface area contributed by atoms with Gasteiger partial charge in [0, 0.05) is 44.3 Å². The molecule has 2 aliphatic heterocycles. The fraction of sp³-hybridized carbons (Fsp3) is 0.650. The molecule has 2 fully saturated rings. The summed E-state index contributed by atoms with van der Waals surface area (Å²) in [6, 6.07) is 6.21. The molecule has 2 heterocycles. The summed E-state index contributed by atoms with van der Waals surface area (Å²) in [4.78, 5) is 17.5. The highest BCUT2D eigenvalue weighted by molar-refractivity contribution is 7.92. The van der Waals surface area contributed by atoms with E-state index in [0.29, 0.717) is 18.2 Å². The number of sulfonamides is 1. The van der Waals surface area contributed by atoms with Crippen LogP contribution in [0.1, 0.15) is 48.0 Å². The van der Waals surface area contributed by atoms with E-state index < -0.39 is 10.0 Å². The van der Waals surface area contributed by atoms with Crippen LogP contribution in [0.3, 0.4) is 0 Å². The van der Waals surface area contributed by atoms with Crippen LogP contribution in [0, 0.1) is 0 Å². The number of carbonyl (C=O) groups is 1. The molecule has 1 amide bonds. The molecule has 7 heteroatoms. The fourth-order valence-corrected chi connectivity index (χ4v) is 5.78. The van der Waals surface area contributed by atoms with E-state index in [1.807, 2.05) is 11.0 Å². The molecule has 1 aromatic rings. The number of aryl methyl sites for hydroxylation is 1. The second-order valence-electron chi connectivity index (χ2n) is 8.05. The van der Waals surface area contributed by atoms with E-state index in [9.17, 15) is 13.2 Å². The van der Waals surface area contributed by atoms with Crippen LogP contribution in [0.2, 0.25) is 0 Å². The molecule has 0 aromatic heterocycles. The van der Waals surface area contributed by atoms with Crippen LogP contribution in [-0.2, 0) is 16.4 Å². The van der Waals surface area contributed by atoms with Gasteiger partial charge in [0.25, 0.3) is 5.91 Å². The standard InChI is InChI=1S/C20H29N3O3S/c1-27(25,26)23-10-4-5-16-15-17(8-9-19(16)23)20(24)22-13-11-21(12-14-22)18-6-2-3-7-18/h8-9,15,18H,2-7,10-14H2,1H3. The van der Waals surface area contributed by atoms with Gasteiger partial charge in [-0.25, -0.2) is 8.42 Å². The molecule has 0 radical (unpaired) electrons. The van der Waals surface area contributed by atoms with Gasteiger partial charge in [-0.15, -0.1) is 0 Å². The number of benzene rings is 1. The first-order valence-corrected chi connectivity index (χ1v) is 11.9. The fourth-order valence-electron chi connectivity index (χ4n) is 4.78. The van der Waals surface area contributed by atoms with Gasteiger partial charge in [0.2, 0.25) is 10.0 Å². The Hall–Kier alpha value is -1.60. The van der Waals surface area contributed by atoms with Crippen molar-refractivity contribution >= 4 is 21.6 Å². The van der Waals surface area contributed by atoms with Crippen molar-refractivity contribution in [3.63, 3.8) is 0 Å². The minimum Gasteiger partial charge on any atom is -0.336 e. The van der Waals surface area contributed by atoms with Crippen LogP contribution < -0.4 is 4.31 Å². The Morgan fingerprint density at radius 2 is 1.70 bits per heavy atom. The molecule has 1 aliphatic carbocycles. The van der Waals surface area contributed by atoms with Crippen LogP contribution in [0.25, 0.3) is 0 Å². The highest BCUT2D eigenvalue weighted by atomic mass is 32.2. The third kappa shape index (κ3) is 3.85. The van der Waals surface area contributed by atoms with E-state index in [1.54, 1.807) is 12.1 Å². The lowest BCUT2D eigenvalue weighted by atomic mass is 10.00. The topological polar surface area (TPSA) is 60.9 Å². The first-order chi connectivity index (χ1) is 12.9. The number of anilines is 1. The van der Waals surface area contributed by atoms with E-state index in [4.69, 9.17) is 0 Å². The van der Waals surface area contributed by atoms with Crippen LogP contribution in [0.15, 0.2) is 18.2 Å². The predicted molar refractivity (Wildman–Crippen MR) is 107 cm³/mol. The van der Waals surface area contributed by atoms with Gasteiger partial charge in [-0.1, -0.05) is 12.8 Å². The lowest BCUT2D eigenvalue weighted by Gasteiger charge is -2.38. The molecule has 3 aliphatic rings. The smallest absolute Gasteiger partial charge is 0.253 e. The SMILES string of the molecule is CS(=O)(=O)N1CCCc2cc(C(=O)N3CCN(C4CCCC4)CC3)ccc21. The van der Waals surface area contributed by atoms with Crippen molar-refractivity contribution < 1.29 is 13.2 Å². The van der Waals surface area contributed by atoms with Crippen molar-refractivity contribution in [2.75, 3.05) is 43.3 Å². The van der Waals surface area contributed by atoms with Crippen LogP contribution in [0.5, 0.6) is 0 Å². The molecule has 1 saturated heterocycles. The zero-order chi connectivity index (χ0) is 19.0. The summed E-state index contributed by atoms with van der Waals surface area (Å²) in [5.74, 6) is 0.0698. The highest BCUT2D eigenvalue weighted by Crippen LogP contribution is 2.30. The number of hydrogen-bond donors (Lipinski definition) is 0. The van der Waals surface area contributed by atoms with Crippen molar-refractivity contribution in [1.29, 1.82) is 0 Å². The lowest BCUT2D eigenvalue weighted by molar-refractivity contribution is 0.0573. The summed E-state index contributed by atoms with van der Waals surface area (Å²) in [6.45, 7) is 4.00. The first-order valence-electron chi connectivity index (χ1n) is 10.1. The second kappa shape index (κ2) is 7.43. The monoisotopic (exact) mass is 391 g/mol. The molecule has 1 aromatic carbocycles. The number of amides is 1. The Labute approximate surface area is 162 Å². The van der Waals surface area contributed by atoms with E-state index in [1.165, 1.54) is 36.2 Å². The molecule has 0 unspecified atom stereocenters. The van der Waals surface area contributed by atoms with Crippen molar-refractivity contribution in [1.82, 2.24) is 9.80 Å². The van der Waals surface area contributed by atoms with Gasteiger partial charge in [0.05, 0.1) is 11.9 Å². The van der Waals surface area contributed by atoms with Gasteiger partial charge in [-0.3, -0.25) is 14.0 Å². The van der Waals surface area contributed by atoms with Crippen molar-refractivity contribution in [2.24, 2.45) is 0 Å². The number of nitrogens with zero attached hydrogens (tertiary/aromatic N) is 3. The average Bonchev–Trinajstić information content (AvgIpc) is 3.20. The zero-order valence-electron chi connectivity index (χ0n) is 16.1. The van der Waals surface area contributed by atoms with Crippen molar-refractivity contribution in [3.8, 4) is 0 Å². The van der Waals surface area contributed by atoms with E-state index in [-0.39, 0.29) is 5.91 Å². The summed E-state index contributed by atoms with van der Waals surface area (Å²) in [6.07, 6.45) is 8.12. The van der Waals surface area contributed by atoms with Gasteiger partial charge >= 0.3 is 0 Å². The minimum absolute atomic E-state index is 0.0698. The van der Waals surface area contributed by atoms with Crippen LogP contribution in [0.4, 0.5) is 5.69 Å². The Morgan fingerprint density at radius 1 is 1.00 bits per heavy atom. The maximum absolute atomic E-state index is 13.0. The molecule has 27 heavy (non-hydrogen) atoms. The second-order valence-corrected chi connectivity index (χ2v) is 9.96. The molecular formula is C20H29N3O3S. The molecular weight excluding hydrogens is 362 g/mol. The number of rotatable bonds is 3. The number of hydrogen-bond acceptors (Lipinski definition) is 4. The van der Waals surface area contributed by atoms with Gasteiger partial charge < -0.3 is 4.90 Å². The van der Waals surface area contributed by atoms with Gasteiger partial charge in [-0.2, -0.15) is 0 Å². The molecule has 0 spiro atoms. The molecule has 1 saturated carbocycles.